The van der Waals surface area contributed by atoms with Crippen molar-refractivity contribution >= 4 is 17.1 Å². The first-order valence-corrected chi connectivity index (χ1v) is 4.49. The summed E-state index contributed by atoms with van der Waals surface area (Å²) in [6.45, 7) is 7.73. The lowest BCUT2D eigenvalue weighted by Gasteiger charge is -2.31. The van der Waals surface area contributed by atoms with Gasteiger partial charge in [-0.25, -0.2) is 0 Å². The van der Waals surface area contributed by atoms with Gasteiger partial charge in [0.05, 0.1) is 0 Å². The fraction of sp³-hybridized carbons (Fsp3) is 0.875. The Balaban J connectivity index is 2.22. The third kappa shape index (κ3) is 3.27. The molecule has 1 saturated heterocycles. The first-order valence-electron chi connectivity index (χ1n) is 4.09. The normalized spacial score (nSPS) is 22.0. The summed E-state index contributed by atoms with van der Waals surface area (Å²) < 4.78 is 0. The van der Waals surface area contributed by atoms with Gasteiger partial charge in [-0.3, -0.25) is 4.90 Å². The second kappa shape index (κ2) is 4.14. The summed E-state index contributed by atoms with van der Waals surface area (Å²) in [6.07, 6.45) is 0. The molecule has 2 nitrogen and oxygen atoms in total. The van der Waals surface area contributed by atoms with Crippen molar-refractivity contribution in [3.63, 3.8) is 0 Å². The number of thiocarbonyl (C=S) groups is 1. The van der Waals surface area contributed by atoms with E-state index in [1.165, 1.54) is 26.2 Å². The number of nitrogens with zero attached hydrogens (tertiary/aromatic N) is 2. The van der Waals surface area contributed by atoms with Gasteiger partial charge in [0.15, 0.2) is 0 Å². The molecule has 0 N–H and O–H groups in total. The summed E-state index contributed by atoms with van der Waals surface area (Å²) in [4.78, 5) is 5.88. The van der Waals surface area contributed by atoms with Crippen LogP contribution >= 0.6 is 12.2 Å². The molecule has 0 aromatic carbocycles. The number of likely N-dealkylation sites (N-methyl/N-ethyl adjacent to an activating group) is 1. The number of hydrogen-bond acceptors (Lipinski definition) is 3. The molecule has 0 aromatic rings. The second-order valence-electron chi connectivity index (χ2n) is 3.28. The zero-order valence-corrected chi connectivity index (χ0v) is 8.15. The maximum atomic E-state index is 5.05. The van der Waals surface area contributed by atoms with Crippen LogP contribution in [0.1, 0.15) is 6.92 Å². The molecule has 11 heavy (non-hydrogen) atoms. The van der Waals surface area contributed by atoms with Gasteiger partial charge in [-0.2, -0.15) is 0 Å². The smallest absolute Gasteiger partial charge is 0.0295 e. The predicted molar refractivity (Wildman–Crippen MR) is 52.2 cm³/mol. The summed E-state index contributed by atoms with van der Waals surface area (Å²) in [5, 5.41) is 0. The third-order valence-corrected chi connectivity index (χ3v) is 2.17. The Morgan fingerprint density at radius 3 is 2.27 bits per heavy atom. The number of hydrogen-bond donors (Lipinski definition) is 0. The summed E-state index contributed by atoms with van der Waals surface area (Å²) in [5.74, 6) is 0. The Kier molecular flexibility index (Phi) is 3.43. The van der Waals surface area contributed by atoms with Crippen LogP contribution in [-0.4, -0.2) is 54.4 Å². The molecular formula is C8H16N2S. The minimum Gasteiger partial charge on any atom is -0.304 e. The van der Waals surface area contributed by atoms with E-state index in [9.17, 15) is 0 Å². The zero-order valence-electron chi connectivity index (χ0n) is 7.34. The fourth-order valence-electron chi connectivity index (χ4n) is 1.32. The summed E-state index contributed by atoms with van der Waals surface area (Å²) in [6, 6.07) is 0. The molecular weight excluding hydrogens is 156 g/mol. The Morgan fingerprint density at radius 1 is 1.27 bits per heavy atom. The van der Waals surface area contributed by atoms with Crippen LogP contribution in [0.25, 0.3) is 0 Å². The van der Waals surface area contributed by atoms with Crippen LogP contribution in [0.4, 0.5) is 0 Å². The van der Waals surface area contributed by atoms with Crippen molar-refractivity contribution in [1.29, 1.82) is 0 Å². The van der Waals surface area contributed by atoms with Gasteiger partial charge in [0.1, 0.15) is 0 Å². The van der Waals surface area contributed by atoms with Crippen molar-refractivity contribution in [2.75, 3.05) is 39.8 Å². The topological polar surface area (TPSA) is 6.48 Å². The van der Waals surface area contributed by atoms with E-state index in [1.807, 2.05) is 6.92 Å². The Morgan fingerprint density at radius 2 is 1.82 bits per heavy atom. The maximum absolute atomic E-state index is 5.05. The van der Waals surface area contributed by atoms with Crippen LogP contribution in [0.5, 0.6) is 0 Å². The number of rotatable bonds is 2. The third-order valence-electron chi connectivity index (χ3n) is 2.04. The van der Waals surface area contributed by atoms with E-state index in [0.717, 1.165) is 11.4 Å². The van der Waals surface area contributed by atoms with Gasteiger partial charge < -0.3 is 4.90 Å². The lowest BCUT2D eigenvalue weighted by molar-refractivity contribution is 0.171. The summed E-state index contributed by atoms with van der Waals surface area (Å²) in [7, 11) is 2.17. The molecule has 1 fully saturated rings. The van der Waals surface area contributed by atoms with Gasteiger partial charge in [-0.15, -0.1) is 0 Å². The molecule has 0 aliphatic carbocycles. The predicted octanol–water partition coefficient (Wildman–Crippen LogP) is 0.624. The molecule has 1 aliphatic heterocycles. The van der Waals surface area contributed by atoms with E-state index in [4.69, 9.17) is 12.2 Å². The van der Waals surface area contributed by atoms with E-state index >= 15 is 0 Å². The summed E-state index contributed by atoms with van der Waals surface area (Å²) in [5.41, 5.74) is 0. The van der Waals surface area contributed by atoms with Gasteiger partial charge >= 0.3 is 0 Å². The molecule has 1 heterocycles. The van der Waals surface area contributed by atoms with E-state index in [0.29, 0.717) is 0 Å². The van der Waals surface area contributed by atoms with Crippen molar-refractivity contribution in [2.24, 2.45) is 0 Å². The van der Waals surface area contributed by atoms with Gasteiger partial charge in [-0.05, 0) is 14.0 Å². The molecule has 0 unspecified atom stereocenters. The Hall–Kier alpha value is 0.0100. The van der Waals surface area contributed by atoms with Crippen molar-refractivity contribution < 1.29 is 0 Å². The van der Waals surface area contributed by atoms with E-state index in [2.05, 4.69) is 16.8 Å². The molecule has 0 aromatic heterocycles. The van der Waals surface area contributed by atoms with Crippen LogP contribution < -0.4 is 0 Å². The zero-order chi connectivity index (χ0) is 8.27. The minimum atomic E-state index is 1.00. The van der Waals surface area contributed by atoms with Gasteiger partial charge in [-0.1, -0.05) is 12.2 Å². The van der Waals surface area contributed by atoms with Crippen LogP contribution in [0.2, 0.25) is 0 Å². The van der Waals surface area contributed by atoms with Crippen molar-refractivity contribution in [3.05, 3.63) is 0 Å². The molecule has 0 spiro atoms. The Labute approximate surface area is 74.2 Å². The largest absolute Gasteiger partial charge is 0.304 e. The molecule has 3 heteroatoms. The van der Waals surface area contributed by atoms with E-state index in [-0.39, 0.29) is 0 Å². The van der Waals surface area contributed by atoms with Crippen molar-refractivity contribution in [1.82, 2.24) is 9.80 Å². The second-order valence-corrected chi connectivity index (χ2v) is 3.98. The van der Waals surface area contributed by atoms with Crippen LogP contribution in [0, 0.1) is 0 Å². The van der Waals surface area contributed by atoms with E-state index < -0.39 is 0 Å². The van der Waals surface area contributed by atoms with Crippen molar-refractivity contribution in [2.45, 2.75) is 6.92 Å². The highest BCUT2D eigenvalue weighted by molar-refractivity contribution is 7.80. The molecule has 1 aliphatic rings. The molecule has 0 radical (unpaired) electrons. The van der Waals surface area contributed by atoms with Gasteiger partial charge in [0, 0.05) is 37.6 Å². The highest BCUT2D eigenvalue weighted by Gasteiger charge is 2.12. The molecule has 0 amide bonds. The maximum Gasteiger partial charge on any atom is 0.0295 e. The van der Waals surface area contributed by atoms with Crippen molar-refractivity contribution in [3.8, 4) is 0 Å². The first-order chi connectivity index (χ1) is 5.18. The van der Waals surface area contributed by atoms with Gasteiger partial charge in [0.2, 0.25) is 0 Å². The average molecular weight is 172 g/mol. The van der Waals surface area contributed by atoms with Gasteiger partial charge in [0.25, 0.3) is 0 Å². The standard InChI is InChI=1S/C8H16N2S/c1-8(11)7-10-5-3-9(2)4-6-10/h3-7H2,1-2H3. The van der Waals surface area contributed by atoms with Crippen LogP contribution in [0.15, 0.2) is 0 Å². The quantitative estimate of drug-likeness (QED) is 0.564. The first kappa shape index (κ1) is 9.10. The van der Waals surface area contributed by atoms with E-state index in [1.54, 1.807) is 0 Å². The Bertz CT molecular complexity index is 139. The lowest BCUT2D eigenvalue weighted by Crippen LogP contribution is -2.45. The average Bonchev–Trinajstić information content (AvgIpc) is 1.93. The number of piperazine rings is 1. The minimum absolute atomic E-state index is 1.00. The highest BCUT2D eigenvalue weighted by Crippen LogP contribution is 1.98. The molecule has 64 valence electrons. The lowest BCUT2D eigenvalue weighted by atomic mass is 10.3. The van der Waals surface area contributed by atoms with Crippen LogP contribution in [-0.2, 0) is 0 Å². The molecule has 0 atom stereocenters. The molecule has 0 saturated carbocycles. The molecule has 0 bridgehead atoms. The van der Waals surface area contributed by atoms with Crippen LogP contribution in [0.3, 0.4) is 0 Å². The summed E-state index contributed by atoms with van der Waals surface area (Å²) >= 11 is 5.05. The highest BCUT2D eigenvalue weighted by atomic mass is 32.1. The molecule has 1 rings (SSSR count). The SMILES string of the molecule is CC(=S)CN1CCN(C)CC1. The fourth-order valence-corrected chi connectivity index (χ4v) is 1.50. The monoisotopic (exact) mass is 172 g/mol.